The Morgan fingerprint density at radius 3 is 2.27 bits per heavy atom. The highest BCUT2D eigenvalue weighted by atomic mass is 32.2. The highest BCUT2D eigenvalue weighted by molar-refractivity contribution is 7.89. The largest absolute Gasteiger partial charge is 0.356 e. The average Bonchev–Trinajstić information content (AvgIpc) is 3.30. The molecule has 0 radical (unpaired) electrons. The molecule has 6 nitrogen and oxygen atoms in total. The first-order valence-electron chi connectivity index (χ1n) is 10.5. The summed E-state index contributed by atoms with van der Waals surface area (Å²) in [6.45, 7) is 6.86. The van der Waals surface area contributed by atoms with Gasteiger partial charge in [-0.3, -0.25) is 4.99 Å². The number of benzene rings is 2. The standard InChI is InChI=1S/C23H32N4O2S/c1-18-6-10-21(11-7-18)19(2)16-25-23(24-3)26-17-20-8-12-22(13-9-20)30(28,29)27-14-4-5-15-27/h6-13,19H,4-5,14-17H2,1-3H3,(H2,24,25,26). The van der Waals surface area contributed by atoms with Crippen LogP contribution in [0.5, 0.6) is 0 Å². The lowest BCUT2D eigenvalue weighted by Gasteiger charge is -2.17. The Balaban J connectivity index is 1.51. The average molecular weight is 429 g/mol. The first kappa shape index (κ1) is 22.3. The van der Waals surface area contributed by atoms with Crippen molar-refractivity contribution in [2.24, 2.45) is 4.99 Å². The molecule has 0 spiro atoms. The van der Waals surface area contributed by atoms with Crippen LogP contribution < -0.4 is 10.6 Å². The molecule has 1 aliphatic rings. The van der Waals surface area contributed by atoms with Gasteiger partial charge in [0.1, 0.15) is 0 Å². The summed E-state index contributed by atoms with van der Waals surface area (Å²) < 4.78 is 26.8. The second-order valence-electron chi connectivity index (χ2n) is 7.87. The molecule has 2 N–H and O–H groups in total. The van der Waals surface area contributed by atoms with Gasteiger partial charge in [0.05, 0.1) is 4.90 Å². The van der Waals surface area contributed by atoms with Gasteiger partial charge in [-0.05, 0) is 48.9 Å². The zero-order chi connectivity index (χ0) is 21.6. The first-order chi connectivity index (χ1) is 14.4. The van der Waals surface area contributed by atoms with Gasteiger partial charge in [-0.15, -0.1) is 0 Å². The maximum atomic E-state index is 12.6. The van der Waals surface area contributed by atoms with Crippen LogP contribution >= 0.6 is 0 Å². The molecular formula is C23H32N4O2S. The smallest absolute Gasteiger partial charge is 0.243 e. The summed E-state index contributed by atoms with van der Waals surface area (Å²) in [6, 6.07) is 15.7. The molecule has 0 aromatic heterocycles. The quantitative estimate of drug-likeness (QED) is 0.524. The molecule has 1 atom stereocenters. The second kappa shape index (κ2) is 10.1. The number of nitrogens with one attached hydrogen (secondary N) is 2. The maximum absolute atomic E-state index is 12.6. The first-order valence-corrected chi connectivity index (χ1v) is 11.9. The number of nitrogens with zero attached hydrogens (tertiary/aromatic N) is 2. The van der Waals surface area contributed by atoms with E-state index in [0.29, 0.717) is 30.4 Å². The van der Waals surface area contributed by atoms with E-state index in [0.717, 1.165) is 30.9 Å². The monoisotopic (exact) mass is 428 g/mol. The van der Waals surface area contributed by atoms with Gasteiger partial charge < -0.3 is 10.6 Å². The van der Waals surface area contributed by atoms with Crippen LogP contribution in [-0.2, 0) is 16.6 Å². The third kappa shape index (κ3) is 5.61. The molecule has 3 rings (SSSR count). The molecular weight excluding hydrogens is 396 g/mol. The van der Waals surface area contributed by atoms with Gasteiger partial charge in [0.2, 0.25) is 10.0 Å². The maximum Gasteiger partial charge on any atom is 0.243 e. The van der Waals surface area contributed by atoms with Crippen molar-refractivity contribution in [2.45, 2.75) is 44.0 Å². The molecule has 2 aromatic rings. The number of hydrogen-bond acceptors (Lipinski definition) is 3. The second-order valence-corrected chi connectivity index (χ2v) is 9.81. The van der Waals surface area contributed by atoms with Crippen LogP contribution in [0.15, 0.2) is 58.4 Å². The SMILES string of the molecule is CN=C(NCc1ccc(S(=O)(=O)N2CCCC2)cc1)NCC(C)c1ccc(C)cc1. The summed E-state index contributed by atoms with van der Waals surface area (Å²) in [5, 5.41) is 6.66. The Bertz CT molecular complexity index is 948. The van der Waals surface area contributed by atoms with Crippen LogP contribution in [-0.4, -0.2) is 45.4 Å². The molecule has 1 unspecified atom stereocenters. The molecule has 1 heterocycles. The van der Waals surface area contributed by atoms with E-state index in [1.165, 1.54) is 11.1 Å². The van der Waals surface area contributed by atoms with Crippen molar-refractivity contribution >= 4 is 16.0 Å². The number of aryl methyl sites for hydroxylation is 1. The minimum Gasteiger partial charge on any atom is -0.356 e. The molecule has 0 aliphatic carbocycles. The molecule has 1 saturated heterocycles. The predicted octanol–water partition coefficient (Wildman–Crippen LogP) is 3.25. The van der Waals surface area contributed by atoms with Crippen molar-refractivity contribution in [3.63, 3.8) is 0 Å². The summed E-state index contributed by atoms with van der Waals surface area (Å²) >= 11 is 0. The minimum absolute atomic E-state index is 0.360. The Morgan fingerprint density at radius 2 is 1.67 bits per heavy atom. The van der Waals surface area contributed by atoms with Crippen LogP contribution in [0.3, 0.4) is 0 Å². The molecule has 162 valence electrons. The van der Waals surface area contributed by atoms with Gasteiger partial charge >= 0.3 is 0 Å². The molecule has 30 heavy (non-hydrogen) atoms. The van der Waals surface area contributed by atoms with Crippen LogP contribution in [0.4, 0.5) is 0 Å². The number of aliphatic imine (C=N–C) groups is 1. The van der Waals surface area contributed by atoms with Crippen LogP contribution in [0.25, 0.3) is 0 Å². The predicted molar refractivity (Wildman–Crippen MR) is 122 cm³/mol. The van der Waals surface area contributed by atoms with Crippen molar-refractivity contribution in [3.05, 3.63) is 65.2 Å². The van der Waals surface area contributed by atoms with E-state index in [9.17, 15) is 8.42 Å². The van der Waals surface area contributed by atoms with E-state index < -0.39 is 10.0 Å². The lowest BCUT2D eigenvalue weighted by Crippen LogP contribution is -2.38. The van der Waals surface area contributed by atoms with E-state index >= 15 is 0 Å². The molecule has 1 aliphatic heterocycles. The fourth-order valence-electron chi connectivity index (χ4n) is 3.53. The van der Waals surface area contributed by atoms with Gasteiger partial charge in [0.15, 0.2) is 5.96 Å². The molecule has 0 bridgehead atoms. The summed E-state index contributed by atoms with van der Waals surface area (Å²) in [6.07, 6.45) is 1.88. The number of rotatable bonds is 7. The van der Waals surface area contributed by atoms with Crippen LogP contribution in [0, 0.1) is 6.92 Å². The number of guanidine groups is 1. The molecule has 2 aromatic carbocycles. The van der Waals surface area contributed by atoms with Crippen molar-refractivity contribution in [1.82, 2.24) is 14.9 Å². The lowest BCUT2D eigenvalue weighted by atomic mass is 10.0. The topological polar surface area (TPSA) is 73.8 Å². The minimum atomic E-state index is -3.36. The molecule has 7 heteroatoms. The van der Waals surface area contributed by atoms with Crippen molar-refractivity contribution in [1.29, 1.82) is 0 Å². The lowest BCUT2D eigenvalue weighted by molar-refractivity contribution is 0.477. The van der Waals surface area contributed by atoms with Crippen molar-refractivity contribution in [2.75, 3.05) is 26.7 Å². The van der Waals surface area contributed by atoms with Crippen molar-refractivity contribution in [3.8, 4) is 0 Å². The summed E-state index contributed by atoms with van der Waals surface area (Å²) in [5.41, 5.74) is 3.55. The Morgan fingerprint density at radius 1 is 1.03 bits per heavy atom. The summed E-state index contributed by atoms with van der Waals surface area (Å²) in [7, 11) is -1.61. The third-order valence-electron chi connectivity index (χ3n) is 5.53. The van der Waals surface area contributed by atoms with Gasteiger partial charge in [0.25, 0.3) is 0 Å². The number of hydrogen-bond donors (Lipinski definition) is 2. The normalized spacial score (nSPS) is 16.4. The van der Waals surface area contributed by atoms with Crippen LogP contribution in [0.1, 0.15) is 42.4 Å². The molecule has 0 amide bonds. The highest BCUT2D eigenvalue weighted by Gasteiger charge is 2.26. The molecule has 1 fully saturated rings. The van der Waals surface area contributed by atoms with Gasteiger partial charge in [0, 0.05) is 33.2 Å². The van der Waals surface area contributed by atoms with Gasteiger partial charge in [-0.25, -0.2) is 8.42 Å². The fraction of sp³-hybridized carbons (Fsp3) is 0.435. The van der Waals surface area contributed by atoms with E-state index in [1.807, 2.05) is 12.1 Å². The van der Waals surface area contributed by atoms with Crippen LogP contribution in [0.2, 0.25) is 0 Å². The molecule has 0 saturated carbocycles. The Labute approximate surface area is 180 Å². The van der Waals surface area contributed by atoms with Gasteiger partial charge in [-0.2, -0.15) is 4.31 Å². The zero-order valence-corrected chi connectivity index (χ0v) is 18.9. The fourth-order valence-corrected chi connectivity index (χ4v) is 5.04. The third-order valence-corrected chi connectivity index (χ3v) is 7.44. The van der Waals surface area contributed by atoms with E-state index in [4.69, 9.17) is 0 Å². The zero-order valence-electron chi connectivity index (χ0n) is 18.1. The highest BCUT2D eigenvalue weighted by Crippen LogP contribution is 2.21. The van der Waals surface area contributed by atoms with E-state index in [1.54, 1.807) is 23.5 Å². The van der Waals surface area contributed by atoms with Gasteiger partial charge in [-0.1, -0.05) is 48.9 Å². The van der Waals surface area contributed by atoms with E-state index in [2.05, 4.69) is 53.7 Å². The summed E-state index contributed by atoms with van der Waals surface area (Å²) in [4.78, 5) is 4.65. The van der Waals surface area contributed by atoms with Crippen molar-refractivity contribution < 1.29 is 8.42 Å². The Hall–Kier alpha value is -2.38. The Kier molecular flexibility index (Phi) is 7.50. The van der Waals surface area contributed by atoms with E-state index in [-0.39, 0.29) is 0 Å². The number of sulfonamides is 1. The summed E-state index contributed by atoms with van der Waals surface area (Å²) in [5.74, 6) is 1.09.